The van der Waals surface area contributed by atoms with E-state index >= 15 is 0 Å². The van der Waals surface area contributed by atoms with Crippen LogP contribution in [-0.4, -0.2) is 20.0 Å². The maximum Gasteiger partial charge on any atom is 0.293 e. The molecule has 2 heterocycles. The van der Waals surface area contributed by atoms with Crippen LogP contribution in [0.4, 0.5) is 11.4 Å². The zero-order chi connectivity index (χ0) is 20.9. The highest BCUT2D eigenvalue weighted by molar-refractivity contribution is 5.71. The molecule has 0 aliphatic carbocycles. The van der Waals surface area contributed by atoms with Gasteiger partial charge in [-0.3, -0.25) is 15.1 Å². The van der Waals surface area contributed by atoms with Gasteiger partial charge in [0.25, 0.3) is 11.6 Å². The first-order valence-corrected chi connectivity index (χ1v) is 9.50. The summed E-state index contributed by atoms with van der Waals surface area (Å²) in [5.74, 6) is 0.580. The van der Waals surface area contributed by atoms with Gasteiger partial charge >= 0.3 is 0 Å². The molecule has 2 aromatic carbocycles. The monoisotopic (exact) mass is 401 g/mol. The fourth-order valence-electron chi connectivity index (χ4n) is 3.18. The van der Waals surface area contributed by atoms with E-state index in [0.29, 0.717) is 22.6 Å². The van der Waals surface area contributed by atoms with Crippen molar-refractivity contribution in [1.82, 2.24) is 15.1 Å². The van der Waals surface area contributed by atoms with Crippen molar-refractivity contribution in [2.75, 3.05) is 5.32 Å². The maximum absolute atomic E-state index is 11.7. The summed E-state index contributed by atoms with van der Waals surface area (Å²) in [4.78, 5) is 19.7. The Kier molecular flexibility index (Phi) is 5.47. The molecule has 2 aromatic heterocycles. The largest absolute Gasteiger partial charge is 0.373 e. The van der Waals surface area contributed by atoms with Crippen LogP contribution in [0.1, 0.15) is 24.9 Å². The molecule has 0 amide bonds. The minimum Gasteiger partial charge on any atom is -0.373 e. The summed E-state index contributed by atoms with van der Waals surface area (Å²) in [7, 11) is 0. The number of hydrogen-bond acceptors (Lipinski definition) is 7. The Labute approximate surface area is 172 Å². The molecule has 8 heteroatoms. The number of pyridine rings is 1. The van der Waals surface area contributed by atoms with Crippen molar-refractivity contribution in [3.05, 3.63) is 88.7 Å². The van der Waals surface area contributed by atoms with Crippen LogP contribution in [0.3, 0.4) is 0 Å². The molecule has 150 valence electrons. The highest BCUT2D eigenvalue weighted by Gasteiger charge is 2.21. The second kappa shape index (κ2) is 8.52. The molecule has 1 atom stereocenters. The highest BCUT2D eigenvalue weighted by Crippen LogP contribution is 2.33. The number of nitrogens with one attached hydrogen (secondary N) is 1. The fraction of sp³-hybridized carbons (Fsp3) is 0.136. The van der Waals surface area contributed by atoms with Crippen LogP contribution in [0.15, 0.2) is 77.6 Å². The van der Waals surface area contributed by atoms with E-state index in [0.717, 1.165) is 12.0 Å². The van der Waals surface area contributed by atoms with E-state index in [1.165, 1.54) is 6.07 Å². The van der Waals surface area contributed by atoms with Gasteiger partial charge in [-0.15, -0.1) is 0 Å². The Balaban J connectivity index is 1.64. The van der Waals surface area contributed by atoms with Crippen molar-refractivity contribution in [1.29, 1.82) is 0 Å². The number of rotatable bonds is 7. The second-order valence-corrected chi connectivity index (χ2v) is 6.67. The lowest BCUT2D eigenvalue weighted by Gasteiger charge is -2.18. The van der Waals surface area contributed by atoms with Crippen molar-refractivity contribution in [3.8, 4) is 22.8 Å². The molecule has 0 spiro atoms. The van der Waals surface area contributed by atoms with Crippen LogP contribution < -0.4 is 5.32 Å². The molecule has 0 aliphatic heterocycles. The smallest absolute Gasteiger partial charge is 0.293 e. The summed E-state index contributed by atoms with van der Waals surface area (Å²) in [6.45, 7) is 2.03. The Bertz CT molecular complexity index is 1150. The van der Waals surface area contributed by atoms with Crippen LogP contribution >= 0.6 is 0 Å². The topological polar surface area (TPSA) is 107 Å². The van der Waals surface area contributed by atoms with Crippen LogP contribution in [0, 0.1) is 10.1 Å². The van der Waals surface area contributed by atoms with Gasteiger partial charge in [0.2, 0.25) is 5.82 Å². The molecule has 0 saturated heterocycles. The van der Waals surface area contributed by atoms with E-state index in [2.05, 4.69) is 20.4 Å². The SMILES string of the molecule is CC[C@H](Nc1ccc(-c2nc(-c3cccnc3)no2)cc1[N+](=O)[O-])c1ccccc1. The minimum absolute atomic E-state index is 0.0451. The Morgan fingerprint density at radius 2 is 1.93 bits per heavy atom. The lowest BCUT2D eigenvalue weighted by Crippen LogP contribution is -2.11. The molecular formula is C22H19N5O3. The zero-order valence-electron chi connectivity index (χ0n) is 16.2. The number of hydrogen-bond donors (Lipinski definition) is 1. The van der Waals surface area contributed by atoms with Crippen LogP contribution in [0.25, 0.3) is 22.8 Å². The lowest BCUT2D eigenvalue weighted by atomic mass is 10.0. The first-order chi connectivity index (χ1) is 14.7. The van der Waals surface area contributed by atoms with E-state index < -0.39 is 4.92 Å². The Morgan fingerprint density at radius 1 is 1.10 bits per heavy atom. The molecule has 0 unspecified atom stereocenters. The summed E-state index contributed by atoms with van der Waals surface area (Å²) < 4.78 is 5.32. The molecule has 0 aliphatic rings. The molecule has 0 radical (unpaired) electrons. The first kappa shape index (κ1) is 19.3. The zero-order valence-corrected chi connectivity index (χ0v) is 16.2. The third-order valence-corrected chi connectivity index (χ3v) is 4.73. The minimum atomic E-state index is -0.415. The van der Waals surface area contributed by atoms with Gasteiger partial charge in [0.1, 0.15) is 5.69 Å². The quantitative estimate of drug-likeness (QED) is 0.332. The van der Waals surface area contributed by atoms with E-state index in [9.17, 15) is 10.1 Å². The molecule has 0 bridgehead atoms. The van der Waals surface area contributed by atoms with E-state index in [1.807, 2.05) is 43.3 Å². The predicted molar refractivity (Wildman–Crippen MR) is 113 cm³/mol. The first-order valence-electron chi connectivity index (χ1n) is 9.50. The van der Waals surface area contributed by atoms with Gasteiger partial charge in [-0.2, -0.15) is 4.98 Å². The molecule has 4 aromatic rings. The number of nitrogens with zero attached hydrogens (tertiary/aromatic N) is 4. The summed E-state index contributed by atoms with van der Waals surface area (Å²) in [6, 6.07) is 18.2. The van der Waals surface area contributed by atoms with Crippen molar-refractivity contribution < 1.29 is 9.45 Å². The molecule has 1 N–H and O–H groups in total. The van der Waals surface area contributed by atoms with Crippen LogP contribution in [-0.2, 0) is 0 Å². The summed E-state index contributed by atoms with van der Waals surface area (Å²) in [5, 5.41) is 19.0. The van der Waals surface area contributed by atoms with Gasteiger partial charge in [0, 0.05) is 29.6 Å². The van der Waals surface area contributed by atoms with E-state index in [1.54, 1.807) is 30.6 Å². The van der Waals surface area contributed by atoms with Crippen molar-refractivity contribution in [2.24, 2.45) is 0 Å². The van der Waals surface area contributed by atoms with Crippen molar-refractivity contribution in [2.45, 2.75) is 19.4 Å². The van der Waals surface area contributed by atoms with Gasteiger partial charge < -0.3 is 9.84 Å². The number of nitro groups is 1. The molecular weight excluding hydrogens is 382 g/mol. The second-order valence-electron chi connectivity index (χ2n) is 6.67. The average molecular weight is 401 g/mol. The lowest BCUT2D eigenvalue weighted by molar-refractivity contribution is -0.383. The van der Waals surface area contributed by atoms with Crippen LogP contribution in [0.5, 0.6) is 0 Å². The fourth-order valence-corrected chi connectivity index (χ4v) is 3.18. The molecule has 8 nitrogen and oxygen atoms in total. The summed E-state index contributed by atoms with van der Waals surface area (Å²) in [5.41, 5.74) is 2.63. The summed E-state index contributed by atoms with van der Waals surface area (Å²) in [6.07, 6.45) is 4.05. The predicted octanol–water partition coefficient (Wildman–Crippen LogP) is 5.27. The standard InChI is InChI=1S/C22H19N5O3/c1-2-18(15-7-4-3-5-8-15)24-19-11-10-16(13-20(19)27(28)29)22-25-21(26-30-22)17-9-6-12-23-14-17/h3-14,18,24H,2H2,1H3/t18-/m0/s1. The van der Waals surface area contributed by atoms with E-state index in [4.69, 9.17) is 4.52 Å². The maximum atomic E-state index is 11.7. The van der Waals surface area contributed by atoms with Gasteiger partial charge in [0.15, 0.2) is 0 Å². The van der Waals surface area contributed by atoms with Gasteiger partial charge in [-0.1, -0.05) is 42.4 Å². The number of anilines is 1. The van der Waals surface area contributed by atoms with Gasteiger partial charge in [-0.05, 0) is 36.2 Å². The van der Waals surface area contributed by atoms with Crippen molar-refractivity contribution >= 4 is 11.4 Å². The highest BCUT2D eigenvalue weighted by atomic mass is 16.6. The Morgan fingerprint density at radius 3 is 2.63 bits per heavy atom. The van der Waals surface area contributed by atoms with Crippen LogP contribution in [0.2, 0.25) is 0 Å². The third kappa shape index (κ3) is 4.02. The number of benzene rings is 2. The Hall–Kier alpha value is -4.07. The normalized spacial score (nSPS) is 11.8. The molecule has 30 heavy (non-hydrogen) atoms. The third-order valence-electron chi connectivity index (χ3n) is 4.73. The van der Waals surface area contributed by atoms with Crippen molar-refractivity contribution in [3.63, 3.8) is 0 Å². The van der Waals surface area contributed by atoms with E-state index in [-0.39, 0.29) is 17.6 Å². The molecule has 4 rings (SSSR count). The van der Waals surface area contributed by atoms with Gasteiger partial charge in [0.05, 0.1) is 11.0 Å². The van der Waals surface area contributed by atoms with Gasteiger partial charge in [-0.25, -0.2) is 0 Å². The molecule has 0 saturated carbocycles. The number of aromatic nitrogens is 3. The summed E-state index contributed by atoms with van der Waals surface area (Å²) >= 11 is 0. The average Bonchev–Trinajstić information content (AvgIpc) is 3.29. The number of nitro benzene ring substituents is 1. The molecule has 0 fully saturated rings.